The van der Waals surface area contributed by atoms with Crippen molar-refractivity contribution in [2.24, 2.45) is 28.5 Å². The predicted octanol–water partition coefficient (Wildman–Crippen LogP) is 5.12. The number of methoxy groups -OCH3 is 1. The van der Waals surface area contributed by atoms with E-state index >= 15 is 0 Å². The lowest BCUT2D eigenvalue weighted by atomic mass is 9.80. The van der Waals surface area contributed by atoms with Crippen molar-refractivity contribution in [2.45, 2.75) is 60.3 Å². The number of nitrogens with two attached hydrogens (primary N) is 1. The van der Waals surface area contributed by atoms with Gasteiger partial charge in [0.1, 0.15) is 0 Å². The van der Waals surface area contributed by atoms with Crippen LogP contribution in [-0.2, 0) is 14.3 Å². The molecule has 0 unspecified atom stereocenters. The number of allylic oxidation sites excluding steroid dienone is 4. The zero-order valence-corrected chi connectivity index (χ0v) is 27.4. The lowest BCUT2D eigenvalue weighted by Crippen LogP contribution is -2.28. The number of hydrogen-bond donors (Lipinski definition) is 4. The summed E-state index contributed by atoms with van der Waals surface area (Å²) in [7, 11) is 1.30. The van der Waals surface area contributed by atoms with E-state index in [4.69, 9.17) is 15.5 Å². The zero-order chi connectivity index (χ0) is 33.6. The molecule has 6 bridgehead atoms. The number of rotatable bonds is 7. The molecule has 0 fully saturated rings. The summed E-state index contributed by atoms with van der Waals surface area (Å²) >= 11 is 0. The maximum Gasteiger partial charge on any atom is 0.306 e. The van der Waals surface area contributed by atoms with Crippen LogP contribution < -0.4 is 16.4 Å². The van der Waals surface area contributed by atoms with Crippen molar-refractivity contribution in [3.63, 3.8) is 0 Å². The van der Waals surface area contributed by atoms with Crippen molar-refractivity contribution in [3.8, 4) is 0 Å². The number of hydrogen-bond acceptors (Lipinski definition) is 6. The minimum absolute atomic E-state index is 0.0679. The number of carboxylic acid groups (broad SMARTS) is 1. The Kier molecular flexibility index (Phi) is 8.80. The van der Waals surface area contributed by atoms with Crippen molar-refractivity contribution < 1.29 is 24.2 Å². The van der Waals surface area contributed by atoms with Crippen molar-refractivity contribution in [1.29, 1.82) is 0 Å². The molecule has 0 radical (unpaired) electrons. The van der Waals surface area contributed by atoms with Crippen LogP contribution in [0.2, 0.25) is 0 Å². The average molecular weight is 623 g/mol. The summed E-state index contributed by atoms with van der Waals surface area (Å²) in [5.41, 5.74) is 16.7. The molecule has 9 nitrogen and oxygen atoms in total. The topological polar surface area (TPSA) is 151 Å². The van der Waals surface area contributed by atoms with Crippen LogP contribution in [0, 0.1) is 31.6 Å². The Labute approximate surface area is 268 Å². The van der Waals surface area contributed by atoms with Crippen molar-refractivity contribution in [2.75, 3.05) is 7.11 Å². The smallest absolute Gasteiger partial charge is 0.306 e. The fourth-order valence-electron chi connectivity index (χ4n) is 7.11. The number of aromatic nitrogens is 2. The summed E-state index contributed by atoms with van der Waals surface area (Å²) in [5.74, 6) is -2.89. The van der Waals surface area contributed by atoms with E-state index in [1.807, 2.05) is 52.8 Å². The van der Waals surface area contributed by atoms with Crippen LogP contribution in [0.25, 0.3) is 29.9 Å². The maximum absolute atomic E-state index is 14.1. The first-order chi connectivity index (χ1) is 21.8. The molecule has 3 atom stereocenters. The number of Topliss-reactive ketones (excluding diaryl/α,β-unsaturated/α-hetero) is 1. The van der Waals surface area contributed by atoms with Gasteiger partial charge in [0.2, 0.25) is 0 Å². The van der Waals surface area contributed by atoms with E-state index in [9.17, 15) is 19.5 Å². The van der Waals surface area contributed by atoms with Crippen LogP contribution >= 0.6 is 0 Å². The Bertz CT molecular complexity index is 1960. The Morgan fingerprint density at radius 3 is 2.48 bits per heavy atom. The summed E-state index contributed by atoms with van der Waals surface area (Å²) in [6, 6.07) is 0. The largest absolute Gasteiger partial charge is 0.481 e. The second-order valence-corrected chi connectivity index (χ2v) is 12.3. The Hall–Kier alpha value is -4.92. The molecular formula is C37H42N4O5. The maximum atomic E-state index is 14.1. The van der Waals surface area contributed by atoms with E-state index in [1.54, 1.807) is 6.08 Å². The fraction of sp³-hybridized carbons (Fsp3) is 0.351. The van der Waals surface area contributed by atoms with Gasteiger partial charge in [-0.05, 0) is 79.7 Å². The molecule has 2 aromatic heterocycles. The van der Waals surface area contributed by atoms with Gasteiger partial charge in [-0.25, -0.2) is 0 Å². The number of H-pyrrole nitrogens is 2. The number of ether oxygens (including phenoxy) is 1. The van der Waals surface area contributed by atoms with Gasteiger partial charge in [-0.3, -0.25) is 19.4 Å². The van der Waals surface area contributed by atoms with Gasteiger partial charge < -0.3 is 25.5 Å². The van der Waals surface area contributed by atoms with Gasteiger partial charge >= 0.3 is 11.9 Å². The molecule has 2 aliphatic heterocycles. The van der Waals surface area contributed by atoms with Crippen molar-refractivity contribution in [1.82, 2.24) is 9.97 Å². The van der Waals surface area contributed by atoms with Crippen LogP contribution in [-0.4, -0.2) is 45.6 Å². The third kappa shape index (κ3) is 5.44. The predicted molar refractivity (Wildman–Crippen MR) is 182 cm³/mol. The first kappa shape index (κ1) is 32.5. The van der Waals surface area contributed by atoms with E-state index in [0.717, 1.165) is 55.8 Å². The third-order valence-corrected chi connectivity index (χ3v) is 9.79. The van der Waals surface area contributed by atoms with Gasteiger partial charge in [0.15, 0.2) is 5.78 Å². The number of aliphatic imine (C=N–C) groups is 1. The SMILES string of the molecule is C=Cc1c2[nH]c(c1C)/C=C1\N=C(C3=c4[nH]/c(c(C)c4C(=O)[C@@H]3CC(=O)OC)=C\C(=C)/C(CC)=C(C)\C(N)=C\2)[C@@H](CCC(=O)O)[C@@H]1C. The van der Waals surface area contributed by atoms with Gasteiger partial charge in [0.05, 0.1) is 30.5 Å². The number of carbonyl (C=O) groups is 3. The molecule has 5 rings (SSSR count). The molecule has 0 aromatic carbocycles. The van der Waals surface area contributed by atoms with Gasteiger partial charge in [-0.15, -0.1) is 0 Å². The molecule has 0 saturated carbocycles. The monoisotopic (exact) mass is 622 g/mol. The molecular weight excluding hydrogens is 580 g/mol. The van der Waals surface area contributed by atoms with E-state index in [0.29, 0.717) is 40.7 Å². The van der Waals surface area contributed by atoms with Gasteiger partial charge in [-0.2, -0.15) is 0 Å². The summed E-state index contributed by atoms with van der Waals surface area (Å²) in [6.45, 7) is 18.4. The number of carbonyl (C=O) groups excluding carboxylic acids is 2. The highest BCUT2D eigenvalue weighted by atomic mass is 16.5. The van der Waals surface area contributed by atoms with E-state index in [1.165, 1.54) is 7.11 Å². The lowest BCUT2D eigenvalue weighted by molar-refractivity contribution is -0.141. The highest BCUT2D eigenvalue weighted by molar-refractivity contribution is 6.30. The molecule has 0 saturated heterocycles. The highest BCUT2D eigenvalue weighted by Crippen LogP contribution is 2.42. The minimum Gasteiger partial charge on any atom is -0.481 e. The van der Waals surface area contributed by atoms with Gasteiger partial charge in [-0.1, -0.05) is 33.1 Å². The number of aliphatic carboxylic acids is 1. The second kappa shape index (κ2) is 12.5. The van der Waals surface area contributed by atoms with E-state index in [2.05, 4.69) is 23.1 Å². The molecule has 240 valence electrons. The summed E-state index contributed by atoms with van der Waals surface area (Å²) in [5, 5.41) is 11.0. The fourth-order valence-corrected chi connectivity index (χ4v) is 7.11. The average Bonchev–Trinajstić information content (AvgIpc) is 3.67. The second-order valence-electron chi connectivity index (χ2n) is 12.3. The van der Waals surface area contributed by atoms with E-state index < -0.39 is 17.9 Å². The number of nitrogens with one attached hydrogen (secondary N) is 2. The Morgan fingerprint density at radius 2 is 1.85 bits per heavy atom. The zero-order valence-electron chi connectivity index (χ0n) is 27.4. The number of nitrogens with zero attached hydrogens (tertiary/aromatic N) is 1. The molecule has 1 aliphatic carbocycles. The van der Waals surface area contributed by atoms with Crippen LogP contribution in [0.1, 0.15) is 84.9 Å². The normalized spacial score (nSPS) is 25.6. The first-order valence-electron chi connectivity index (χ1n) is 15.6. The Balaban J connectivity index is 1.90. The quantitative estimate of drug-likeness (QED) is 0.315. The summed E-state index contributed by atoms with van der Waals surface area (Å²) in [4.78, 5) is 50.7. The van der Waals surface area contributed by atoms with Crippen LogP contribution in [0.4, 0.5) is 0 Å². The molecule has 2 aromatic rings. The molecule has 3 aliphatic rings. The standard InChI is InChI=1S/C37H42N4O5/c1-9-22-17(3)13-27-21(7)33-36(41-27)34(25(37(33)45)14-32(44)46-8)35-24(11-12-31(42)43)20(6)29(40-35)16-28-19(5)23(10-2)30(39-28)15-26(38)18(22)4/h10,13,15-16,20,24-25,39,41H,2-3,9,11-12,14,38H2,1,4-8H3,(H,42,43)/b22-18-,26-15-,27-13-,29-16-/t20-,24-,25+/m0/s1. The molecule has 46 heavy (non-hydrogen) atoms. The third-order valence-electron chi connectivity index (χ3n) is 9.79. The number of ketones is 1. The van der Waals surface area contributed by atoms with Gasteiger partial charge in [0, 0.05) is 63.1 Å². The molecule has 0 spiro atoms. The Morgan fingerprint density at radius 1 is 1.13 bits per heavy atom. The number of carboxylic acids is 1. The highest BCUT2D eigenvalue weighted by Gasteiger charge is 2.44. The number of esters is 1. The number of aromatic amines is 2. The molecule has 0 amide bonds. The van der Waals surface area contributed by atoms with Crippen LogP contribution in [0.3, 0.4) is 0 Å². The summed E-state index contributed by atoms with van der Waals surface area (Å²) < 4.78 is 5.00. The summed E-state index contributed by atoms with van der Waals surface area (Å²) in [6.07, 6.45) is 8.40. The van der Waals surface area contributed by atoms with Crippen molar-refractivity contribution in [3.05, 3.63) is 85.6 Å². The van der Waals surface area contributed by atoms with E-state index in [-0.39, 0.29) is 30.5 Å². The molecule has 5 N–H and O–H groups in total. The van der Waals surface area contributed by atoms with Gasteiger partial charge in [0.25, 0.3) is 0 Å². The molecule has 9 heteroatoms. The first-order valence-corrected chi connectivity index (χ1v) is 15.6. The molecule has 4 heterocycles. The van der Waals surface area contributed by atoms with Crippen molar-refractivity contribution >= 4 is 53.3 Å². The van der Waals surface area contributed by atoms with Crippen LogP contribution in [0.15, 0.2) is 46.3 Å². The minimum atomic E-state index is -0.913. The lowest BCUT2D eigenvalue weighted by Gasteiger charge is -2.21. The van der Waals surface area contributed by atoms with Crippen LogP contribution in [0.5, 0.6) is 0 Å². The number of fused-ring (bicyclic) bond motifs is 5.